The van der Waals surface area contributed by atoms with E-state index < -0.39 is 0 Å². The minimum atomic E-state index is 0.228. The standard InChI is InChI=1S/C22H35N/c1-20(2,3)17-10-11-18(21(4,5)6)19-16(17)9-8-12-22(19)13-14-23(7)15-22/h10-11H,8-9,12-15H2,1-7H3. The van der Waals surface area contributed by atoms with Crippen molar-refractivity contribution in [3.63, 3.8) is 0 Å². The Morgan fingerprint density at radius 2 is 1.52 bits per heavy atom. The van der Waals surface area contributed by atoms with Crippen LogP contribution < -0.4 is 0 Å². The van der Waals surface area contributed by atoms with Gasteiger partial charge in [0.05, 0.1) is 0 Å². The first-order valence-corrected chi connectivity index (χ1v) is 9.40. The van der Waals surface area contributed by atoms with Gasteiger partial charge in [0.2, 0.25) is 0 Å². The topological polar surface area (TPSA) is 3.24 Å². The van der Waals surface area contributed by atoms with E-state index in [1.807, 2.05) is 0 Å². The SMILES string of the molecule is CN1CCC2(CCCc3c(C(C)(C)C)ccc(C(C)(C)C)c32)C1. The van der Waals surface area contributed by atoms with Gasteiger partial charge in [-0.25, -0.2) is 0 Å². The fourth-order valence-electron chi connectivity index (χ4n) is 5.06. The average Bonchev–Trinajstić information content (AvgIpc) is 2.77. The lowest BCUT2D eigenvalue weighted by molar-refractivity contribution is 0.327. The Morgan fingerprint density at radius 3 is 2.04 bits per heavy atom. The van der Waals surface area contributed by atoms with Crippen LogP contribution in [0, 0.1) is 0 Å². The first-order chi connectivity index (χ1) is 10.5. The summed E-state index contributed by atoms with van der Waals surface area (Å²) in [5.41, 5.74) is 7.52. The molecule has 1 atom stereocenters. The van der Waals surface area contributed by atoms with Crippen molar-refractivity contribution in [3.05, 3.63) is 34.4 Å². The number of nitrogens with zero attached hydrogens (tertiary/aromatic N) is 1. The highest BCUT2D eigenvalue weighted by Crippen LogP contribution is 2.49. The highest BCUT2D eigenvalue weighted by molar-refractivity contribution is 5.52. The summed E-state index contributed by atoms with van der Waals surface area (Å²) in [4.78, 5) is 2.55. The first kappa shape index (κ1) is 17.0. The highest BCUT2D eigenvalue weighted by Gasteiger charge is 2.45. The number of hydrogen-bond acceptors (Lipinski definition) is 1. The third-order valence-electron chi connectivity index (χ3n) is 6.09. The molecule has 0 bridgehead atoms. The molecule has 1 aromatic rings. The van der Waals surface area contributed by atoms with E-state index in [4.69, 9.17) is 0 Å². The Bertz CT molecular complexity index is 600. The predicted octanol–water partition coefficient (Wildman–Crippen LogP) is 5.19. The lowest BCUT2D eigenvalue weighted by Crippen LogP contribution is -2.38. The van der Waals surface area contributed by atoms with Crippen LogP contribution in [0.25, 0.3) is 0 Å². The van der Waals surface area contributed by atoms with E-state index in [9.17, 15) is 0 Å². The molecule has 1 unspecified atom stereocenters. The van der Waals surface area contributed by atoms with Crippen molar-refractivity contribution in [3.8, 4) is 0 Å². The third kappa shape index (κ3) is 2.86. The molecule has 1 fully saturated rings. The second-order valence-electron chi connectivity index (χ2n) is 10.1. The van der Waals surface area contributed by atoms with Crippen LogP contribution in [0.15, 0.2) is 12.1 Å². The molecule has 0 aromatic heterocycles. The minimum Gasteiger partial charge on any atom is -0.305 e. The summed E-state index contributed by atoms with van der Waals surface area (Å²) in [6, 6.07) is 4.90. The number of rotatable bonds is 0. The summed E-state index contributed by atoms with van der Waals surface area (Å²) in [6.45, 7) is 16.8. The fraction of sp³-hybridized carbons (Fsp3) is 0.727. The minimum absolute atomic E-state index is 0.228. The van der Waals surface area contributed by atoms with Crippen molar-refractivity contribution in [2.24, 2.45) is 0 Å². The Morgan fingerprint density at radius 1 is 0.913 bits per heavy atom. The van der Waals surface area contributed by atoms with Gasteiger partial charge >= 0.3 is 0 Å². The number of hydrogen-bond donors (Lipinski definition) is 0. The summed E-state index contributed by atoms with van der Waals surface area (Å²) < 4.78 is 0. The quantitative estimate of drug-likeness (QED) is 0.637. The molecule has 1 heteroatoms. The maximum atomic E-state index is 2.55. The van der Waals surface area contributed by atoms with Crippen LogP contribution in [-0.4, -0.2) is 25.0 Å². The number of fused-ring (bicyclic) bond motifs is 2. The van der Waals surface area contributed by atoms with Gasteiger partial charge in [-0.3, -0.25) is 0 Å². The smallest absolute Gasteiger partial charge is 0.00981 e. The van der Waals surface area contributed by atoms with Gasteiger partial charge in [0.15, 0.2) is 0 Å². The van der Waals surface area contributed by atoms with Gasteiger partial charge in [-0.05, 0) is 72.4 Å². The molecule has 23 heavy (non-hydrogen) atoms. The second kappa shape index (κ2) is 5.34. The molecule has 1 nitrogen and oxygen atoms in total. The number of benzene rings is 1. The normalized spacial score (nSPS) is 25.9. The van der Waals surface area contributed by atoms with Crippen LogP contribution in [0.1, 0.15) is 83.1 Å². The second-order valence-corrected chi connectivity index (χ2v) is 10.1. The predicted molar refractivity (Wildman–Crippen MR) is 101 cm³/mol. The lowest BCUT2D eigenvalue weighted by Gasteiger charge is -2.42. The Labute approximate surface area is 143 Å². The molecule has 2 aliphatic rings. The largest absolute Gasteiger partial charge is 0.305 e. The molecule has 0 amide bonds. The number of likely N-dealkylation sites (N-methyl/N-ethyl adjacent to an activating group) is 1. The first-order valence-electron chi connectivity index (χ1n) is 9.40. The van der Waals surface area contributed by atoms with Gasteiger partial charge in [0.25, 0.3) is 0 Å². The van der Waals surface area contributed by atoms with Gasteiger partial charge in [-0.2, -0.15) is 0 Å². The molecule has 0 saturated carbocycles. The van der Waals surface area contributed by atoms with Crippen LogP contribution in [0.5, 0.6) is 0 Å². The molecule has 0 radical (unpaired) electrons. The molecular weight excluding hydrogens is 278 g/mol. The van der Waals surface area contributed by atoms with E-state index >= 15 is 0 Å². The van der Waals surface area contributed by atoms with E-state index in [-0.39, 0.29) is 10.8 Å². The van der Waals surface area contributed by atoms with Gasteiger partial charge in [0.1, 0.15) is 0 Å². The van der Waals surface area contributed by atoms with Crippen LogP contribution in [0.4, 0.5) is 0 Å². The van der Waals surface area contributed by atoms with E-state index in [1.54, 1.807) is 22.3 Å². The third-order valence-corrected chi connectivity index (χ3v) is 6.09. The fourth-order valence-corrected chi connectivity index (χ4v) is 5.06. The van der Waals surface area contributed by atoms with Crippen LogP contribution in [0.3, 0.4) is 0 Å². The Kier molecular flexibility index (Phi) is 3.95. The van der Waals surface area contributed by atoms with Crippen molar-refractivity contribution >= 4 is 0 Å². The zero-order valence-electron chi connectivity index (χ0n) is 16.3. The molecule has 0 N–H and O–H groups in total. The maximum Gasteiger partial charge on any atom is 0.00981 e. The van der Waals surface area contributed by atoms with Crippen molar-refractivity contribution in [1.29, 1.82) is 0 Å². The average molecular weight is 314 g/mol. The van der Waals surface area contributed by atoms with Gasteiger partial charge in [0, 0.05) is 12.0 Å². The maximum absolute atomic E-state index is 2.55. The molecular formula is C22H35N. The number of likely N-dealkylation sites (tertiary alicyclic amines) is 1. The summed E-state index contributed by atoms with van der Waals surface area (Å²) in [7, 11) is 2.30. The van der Waals surface area contributed by atoms with Crippen molar-refractivity contribution in [2.45, 2.75) is 83.5 Å². The van der Waals surface area contributed by atoms with Crippen LogP contribution in [-0.2, 0) is 22.7 Å². The van der Waals surface area contributed by atoms with E-state index in [0.717, 1.165) is 0 Å². The van der Waals surface area contributed by atoms with Crippen LogP contribution in [0.2, 0.25) is 0 Å². The molecule has 1 spiro atoms. The molecule has 3 rings (SSSR count). The van der Waals surface area contributed by atoms with Gasteiger partial charge in [-0.15, -0.1) is 0 Å². The Balaban J connectivity index is 2.28. The monoisotopic (exact) mass is 313 g/mol. The van der Waals surface area contributed by atoms with Crippen molar-refractivity contribution in [1.82, 2.24) is 4.90 Å². The molecule has 1 saturated heterocycles. The van der Waals surface area contributed by atoms with Gasteiger partial charge < -0.3 is 4.90 Å². The van der Waals surface area contributed by atoms with Crippen LogP contribution >= 0.6 is 0 Å². The summed E-state index contributed by atoms with van der Waals surface area (Å²) in [5, 5.41) is 0. The summed E-state index contributed by atoms with van der Waals surface area (Å²) in [6.07, 6.45) is 5.35. The molecule has 1 aliphatic carbocycles. The van der Waals surface area contributed by atoms with Gasteiger partial charge in [-0.1, -0.05) is 53.7 Å². The Hall–Kier alpha value is -0.820. The highest BCUT2D eigenvalue weighted by atomic mass is 15.1. The van der Waals surface area contributed by atoms with E-state index in [0.29, 0.717) is 5.41 Å². The zero-order valence-corrected chi connectivity index (χ0v) is 16.3. The van der Waals surface area contributed by atoms with Crippen molar-refractivity contribution in [2.75, 3.05) is 20.1 Å². The zero-order chi connectivity index (χ0) is 17.0. The summed E-state index contributed by atoms with van der Waals surface area (Å²) in [5.74, 6) is 0. The van der Waals surface area contributed by atoms with E-state index in [2.05, 4.69) is 65.6 Å². The molecule has 1 heterocycles. The van der Waals surface area contributed by atoms with Crippen molar-refractivity contribution < 1.29 is 0 Å². The van der Waals surface area contributed by atoms with E-state index in [1.165, 1.54) is 38.8 Å². The molecule has 1 aromatic carbocycles. The molecule has 1 aliphatic heterocycles. The molecule has 128 valence electrons. The summed E-state index contributed by atoms with van der Waals surface area (Å²) >= 11 is 0. The lowest BCUT2D eigenvalue weighted by atomic mass is 9.62.